The molecule has 0 bridgehead atoms. The zero-order valence-electron chi connectivity index (χ0n) is 59.8. The molecule has 23 heteroatoms. The van der Waals surface area contributed by atoms with E-state index in [0.29, 0.717) is 56.4 Å². The number of halogens is 3. The predicted octanol–water partition coefficient (Wildman–Crippen LogP) is 20.0. The van der Waals surface area contributed by atoms with E-state index < -0.39 is 42.1 Å². The van der Waals surface area contributed by atoms with Gasteiger partial charge in [0, 0.05) is 69.2 Å². The molecule has 18 aromatic rings. The molecule has 0 saturated carbocycles. The van der Waals surface area contributed by atoms with Gasteiger partial charge >= 0.3 is 36.5 Å². The molecule has 0 aliphatic carbocycles. The summed E-state index contributed by atoms with van der Waals surface area (Å²) < 4.78 is 134. The van der Waals surface area contributed by atoms with Crippen molar-refractivity contribution in [3.63, 3.8) is 0 Å². The van der Waals surface area contributed by atoms with Crippen molar-refractivity contribution in [3.8, 4) is 74.5 Å². The summed E-state index contributed by atoms with van der Waals surface area (Å²) in [7, 11) is -7.37. The Labute approximate surface area is 635 Å². The molecule has 0 saturated heterocycles. The second-order valence-corrected chi connectivity index (χ2v) is 31.4. The van der Waals surface area contributed by atoms with Gasteiger partial charge in [-0.2, -0.15) is 43.7 Å². The van der Waals surface area contributed by atoms with Gasteiger partial charge in [0.2, 0.25) is 0 Å². The standard InChI is InChI=1S/C30H25N3O3S.C29H19F3N2O3S.C29H19N3O3S/c1-32(2)20-16-18-21(19-17-20)33-29-25-13-7-5-11-23(25)22-10-4-6-12-24(22)28(29)31-30(33)26-14-8-9-15-27(26)36-37(3,34)35;1-38(35,36)37-25-13-7-6-12-24(25)28-33-26-22-10-4-2-8-20(22)21-9-3-5-11-23(21)27(26)34(28)19-16-14-18(15-17-19)29(30,31)32;1-36(33,34)35-26-13-7-6-12-25(26)29-31-27-23-10-4-2-8-21(23)22-9-3-5-11-24(22)28(27)32(29)20-16-14-19(18-30)15-17-20/h4-19H,1-3H3;2-17H,1H3;2-17H,1H3. The average molecular weight is 1530 g/mol. The van der Waals surface area contributed by atoms with Gasteiger partial charge in [0.1, 0.15) is 17.5 Å². The molecule has 3 heterocycles. The highest BCUT2D eigenvalue weighted by atomic mass is 32.2. The number of rotatable bonds is 13. The van der Waals surface area contributed by atoms with Gasteiger partial charge in [0.25, 0.3) is 0 Å². The summed E-state index contributed by atoms with van der Waals surface area (Å²) in [6, 6.07) is 91.5. The molecule has 0 radical (unpaired) electrons. The molecular weight excluding hydrogens is 1470 g/mol. The van der Waals surface area contributed by atoms with Crippen molar-refractivity contribution in [2.45, 2.75) is 6.18 Å². The molecule has 0 unspecified atom stereocenters. The second kappa shape index (κ2) is 28.3. The summed E-state index contributed by atoms with van der Waals surface area (Å²) in [5.74, 6) is 1.97. The highest BCUT2D eigenvalue weighted by Gasteiger charge is 2.32. The van der Waals surface area contributed by atoms with Crippen LogP contribution in [0.1, 0.15) is 11.1 Å². The average Bonchev–Trinajstić information content (AvgIpc) is 1.60. The number of fused-ring (bicyclic) bond motifs is 18. The first kappa shape index (κ1) is 71.8. The third kappa shape index (κ3) is 13.8. The number of aromatic nitrogens is 6. The highest BCUT2D eigenvalue weighted by Crippen LogP contribution is 2.46. The van der Waals surface area contributed by atoms with E-state index in [4.69, 9.17) is 27.5 Å². The molecule has 0 N–H and O–H groups in total. The van der Waals surface area contributed by atoms with Crippen molar-refractivity contribution >= 4 is 134 Å². The Balaban J connectivity index is 0.000000126. The Kier molecular flexibility index (Phi) is 18.3. The first-order valence-corrected chi connectivity index (χ1v) is 40.2. The number of anilines is 1. The molecule has 0 fully saturated rings. The number of hydrogen-bond donors (Lipinski definition) is 0. The van der Waals surface area contributed by atoms with Crippen molar-refractivity contribution in [1.29, 1.82) is 5.26 Å². The summed E-state index contributed by atoms with van der Waals surface area (Å²) in [6.07, 6.45) is -1.47. The smallest absolute Gasteiger partial charge is 0.382 e. The van der Waals surface area contributed by atoms with Crippen LogP contribution in [0.5, 0.6) is 17.2 Å². The molecule has 0 amide bonds. The number of para-hydroxylation sites is 3. The molecule has 0 spiro atoms. The molecule has 111 heavy (non-hydrogen) atoms. The fourth-order valence-corrected chi connectivity index (χ4v) is 15.9. The number of nitrogens with zero attached hydrogens (tertiary/aromatic N) is 8. The zero-order chi connectivity index (χ0) is 77.3. The number of imidazole rings is 3. The monoisotopic (exact) mass is 1530 g/mol. The van der Waals surface area contributed by atoms with Crippen LogP contribution in [0.4, 0.5) is 18.9 Å². The van der Waals surface area contributed by atoms with E-state index in [2.05, 4.69) is 82.3 Å². The Morgan fingerprint density at radius 3 is 0.847 bits per heavy atom. The van der Waals surface area contributed by atoms with Crippen LogP contribution in [-0.2, 0) is 36.5 Å². The van der Waals surface area contributed by atoms with Crippen LogP contribution in [-0.4, -0.2) is 86.8 Å². The van der Waals surface area contributed by atoms with Gasteiger partial charge in [-0.1, -0.05) is 182 Å². The SMILES string of the molecule is CN(C)c1ccc(-n2c(-c3ccccc3OS(C)(=O)=O)nc3c4ccccc4c4ccccc4c32)cc1.CS(=O)(=O)Oc1ccccc1-c1nc2c3ccccc3c3ccccc3c2n1-c1ccc(C#N)cc1.CS(=O)(=O)Oc1ccccc1-c1nc2c3ccccc3c3ccccc3c2n1-c1ccc(C(F)(F)F)cc1. The molecule has 17 nitrogen and oxygen atoms in total. The first-order valence-electron chi connectivity index (χ1n) is 34.8. The van der Waals surface area contributed by atoms with E-state index in [1.807, 2.05) is 152 Å². The number of benzene rings is 15. The lowest BCUT2D eigenvalue weighted by Crippen LogP contribution is -2.09. The summed E-state index contributed by atoms with van der Waals surface area (Å²) in [5.41, 5.74) is 9.28. The van der Waals surface area contributed by atoms with E-state index in [9.17, 15) is 43.7 Å². The molecule has 0 atom stereocenters. The van der Waals surface area contributed by atoms with E-state index in [0.717, 1.165) is 135 Å². The number of nitriles is 1. The van der Waals surface area contributed by atoms with Crippen LogP contribution in [0.3, 0.4) is 0 Å². The molecule has 3 aromatic heterocycles. The Bertz CT molecular complexity index is 7190. The molecular formula is C88H63F3N8O9S3. The topological polar surface area (TPSA) is 211 Å². The Morgan fingerprint density at radius 1 is 0.333 bits per heavy atom. The van der Waals surface area contributed by atoms with E-state index in [1.54, 1.807) is 65.2 Å². The first-order chi connectivity index (χ1) is 53.4. The van der Waals surface area contributed by atoms with Crippen LogP contribution in [0.2, 0.25) is 0 Å². The molecule has 15 aromatic carbocycles. The fourth-order valence-electron chi connectivity index (χ4n) is 14.5. The van der Waals surface area contributed by atoms with Crippen molar-refractivity contribution in [1.82, 2.24) is 28.7 Å². The van der Waals surface area contributed by atoms with Gasteiger partial charge in [-0.25, -0.2) is 15.0 Å². The minimum absolute atomic E-state index is 0.0621. The maximum atomic E-state index is 13.4. The maximum Gasteiger partial charge on any atom is 0.416 e. The minimum Gasteiger partial charge on any atom is -0.382 e. The molecule has 0 aliphatic rings. The van der Waals surface area contributed by atoms with Gasteiger partial charge in [0.05, 0.1) is 85.8 Å². The zero-order valence-corrected chi connectivity index (χ0v) is 62.3. The van der Waals surface area contributed by atoms with Gasteiger partial charge in [-0.05, 0) is 142 Å². The number of alkyl halides is 3. The van der Waals surface area contributed by atoms with Crippen LogP contribution >= 0.6 is 0 Å². The van der Waals surface area contributed by atoms with Crippen molar-refractivity contribution in [2.75, 3.05) is 37.8 Å². The largest absolute Gasteiger partial charge is 0.416 e. The number of hydrogen-bond acceptors (Lipinski definition) is 14. The van der Waals surface area contributed by atoms with E-state index in [1.165, 1.54) is 18.2 Å². The van der Waals surface area contributed by atoms with Crippen molar-refractivity contribution in [2.24, 2.45) is 0 Å². The summed E-state index contributed by atoms with van der Waals surface area (Å²) in [5, 5.41) is 21.5. The Morgan fingerprint density at radius 2 is 0.577 bits per heavy atom. The Hall–Kier alpha value is -13.4. The molecule has 548 valence electrons. The predicted molar refractivity (Wildman–Crippen MR) is 435 cm³/mol. The summed E-state index contributed by atoms with van der Waals surface area (Å²) in [4.78, 5) is 17.3. The molecule has 0 aliphatic heterocycles. The van der Waals surface area contributed by atoms with Crippen molar-refractivity contribution < 1.29 is 51.0 Å². The van der Waals surface area contributed by atoms with E-state index >= 15 is 0 Å². The third-order valence-electron chi connectivity index (χ3n) is 19.0. The lowest BCUT2D eigenvalue weighted by Gasteiger charge is -2.16. The highest BCUT2D eigenvalue weighted by molar-refractivity contribution is 7.86. The van der Waals surface area contributed by atoms with Gasteiger partial charge in [-0.15, -0.1) is 0 Å². The van der Waals surface area contributed by atoms with Crippen LogP contribution in [0, 0.1) is 11.3 Å². The van der Waals surface area contributed by atoms with Gasteiger partial charge < -0.3 is 17.4 Å². The lowest BCUT2D eigenvalue weighted by molar-refractivity contribution is -0.137. The maximum absolute atomic E-state index is 13.4. The summed E-state index contributed by atoms with van der Waals surface area (Å²) >= 11 is 0. The second-order valence-electron chi connectivity index (χ2n) is 26.6. The normalized spacial score (nSPS) is 12.0. The van der Waals surface area contributed by atoms with Gasteiger partial charge in [0.15, 0.2) is 17.2 Å². The molecule has 18 rings (SSSR count). The van der Waals surface area contributed by atoms with Crippen LogP contribution < -0.4 is 17.4 Å². The minimum atomic E-state index is -4.49. The van der Waals surface area contributed by atoms with E-state index in [-0.39, 0.29) is 17.2 Å². The quantitative estimate of drug-likeness (QED) is 0.0777. The third-order valence-corrected chi connectivity index (χ3v) is 20.5. The van der Waals surface area contributed by atoms with Gasteiger partial charge in [-0.3, -0.25) is 13.7 Å². The lowest BCUT2D eigenvalue weighted by atomic mass is 10.00. The van der Waals surface area contributed by atoms with Crippen LogP contribution in [0.25, 0.3) is 149 Å². The van der Waals surface area contributed by atoms with Crippen molar-refractivity contribution in [3.05, 3.63) is 302 Å². The van der Waals surface area contributed by atoms with Crippen LogP contribution in [0.15, 0.2) is 291 Å². The fraction of sp³-hybridized carbons (Fsp3) is 0.0682. The summed E-state index contributed by atoms with van der Waals surface area (Å²) in [6.45, 7) is 0.